The summed E-state index contributed by atoms with van der Waals surface area (Å²) in [4.78, 5) is 14.1. The average Bonchev–Trinajstić information content (AvgIpc) is 3.04. The van der Waals surface area contributed by atoms with Gasteiger partial charge >= 0.3 is 0 Å². The van der Waals surface area contributed by atoms with Crippen LogP contribution in [0.2, 0.25) is 5.02 Å². The van der Waals surface area contributed by atoms with E-state index in [9.17, 15) is 13.2 Å². The van der Waals surface area contributed by atoms with Crippen molar-refractivity contribution in [3.05, 3.63) is 58.5 Å². The van der Waals surface area contributed by atoms with E-state index >= 15 is 0 Å². The first-order chi connectivity index (χ1) is 11.9. The van der Waals surface area contributed by atoms with Crippen LogP contribution in [0.5, 0.6) is 0 Å². The molecule has 5 nitrogen and oxygen atoms in total. The zero-order valence-electron chi connectivity index (χ0n) is 13.5. The van der Waals surface area contributed by atoms with Crippen LogP contribution in [0.15, 0.2) is 40.8 Å². The fourth-order valence-corrected chi connectivity index (χ4v) is 5.21. The van der Waals surface area contributed by atoms with Gasteiger partial charge in [0.1, 0.15) is 11.5 Å². The fourth-order valence-electron chi connectivity index (χ4n) is 2.61. The van der Waals surface area contributed by atoms with Crippen molar-refractivity contribution in [3.63, 3.8) is 0 Å². The van der Waals surface area contributed by atoms with Gasteiger partial charge in [-0.25, -0.2) is 8.42 Å². The van der Waals surface area contributed by atoms with Crippen molar-refractivity contribution >= 4 is 39.1 Å². The van der Waals surface area contributed by atoms with E-state index in [-0.39, 0.29) is 28.9 Å². The van der Waals surface area contributed by atoms with Crippen molar-refractivity contribution in [1.82, 2.24) is 4.90 Å². The Labute approximate surface area is 156 Å². The molecule has 0 saturated carbocycles. The molecule has 0 N–H and O–H groups in total. The van der Waals surface area contributed by atoms with Gasteiger partial charge in [0.2, 0.25) is 0 Å². The maximum atomic E-state index is 12.4. The number of sulfone groups is 1. The number of nitrogens with zero attached hydrogens (tertiary/aromatic N) is 1. The molecule has 1 saturated heterocycles. The van der Waals surface area contributed by atoms with Crippen molar-refractivity contribution in [2.24, 2.45) is 0 Å². The van der Waals surface area contributed by atoms with E-state index in [0.29, 0.717) is 23.7 Å². The number of amides is 1. The minimum atomic E-state index is -3.45. The van der Waals surface area contributed by atoms with Gasteiger partial charge in [-0.15, -0.1) is 0 Å². The minimum absolute atomic E-state index is 0.167. The molecule has 0 aliphatic carbocycles. The van der Waals surface area contributed by atoms with Gasteiger partial charge in [0.25, 0.3) is 5.91 Å². The molecule has 0 radical (unpaired) electrons. The highest BCUT2D eigenvalue weighted by Gasteiger charge is 2.23. The maximum absolute atomic E-state index is 12.4. The van der Waals surface area contributed by atoms with E-state index in [2.05, 4.69) is 0 Å². The monoisotopic (exact) mass is 399 g/mol. The molecule has 1 aromatic heterocycles. The summed E-state index contributed by atoms with van der Waals surface area (Å²) in [5.41, 5.74) is 0.554. The lowest BCUT2D eigenvalue weighted by Crippen LogP contribution is -2.37. The molecule has 1 amide bonds. The van der Waals surface area contributed by atoms with E-state index in [4.69, 9.17) is 16.0 Å². The summed E-state index contributed by atoms with van der Waals surface area (Å²) in [6.07, 6.45) is 0. The molecule has 1 aliphatic rings. The van der Waals surface area contributed by atoms with Crippen LogP contribution in [0.1, 0.15) is 21.9 Å². The van der Waals surface area contributed by atoms with Crippen LogP contribution in [0, 0.1) is 0 Å². The predicted octanol–water partition coefficient (Wildman–Crippen LogP) is 3.24. The van der Waals surface area contributed by atoms with Gasteiger partial charge < -0.3 is 9.32 Å². The first-order valence-corrected chi connectivity index (χ1v) is 11.2. The number of furan rings is 1. The Morgan fingerprint density at radius 2 is 1.84 bits per heavy atom. The molecule has 1 fully saturated rings. The van der Waals surface area contributed by atoms with Gasteiger partial charge in [0, 0.05) is 29.6 Å². The second-order valence-electron chi connectivity index (χ2n) is 5.79. The van der Waals surface area contributed by atoms with Crippen molar-refractivity contribution in [2.45, 2.75) is 11.5 Å². The zero-order chi connectivity index (χ0) is 17.9. The topological polar surface area (TPSA) is 67.6 Å². The van der Waals surface area contributed by atoms with Gasteiger partial charge in [-0.1, -0.05) is 29.8 Å². The standard InChI is InChI=1S/C17H18ClNO4S2/c18-15-4-2-1-3-13(15)11-25(21,22)12-14-5-6-16(23-14)17(20)19-7-9-24-10-8-19/h1-6H,7-12H2. The van der Waals surface area contributed by atoms with Crippen LogP contribution >= 0.6 is 23.4 Å². The lowest BCUT2D eigenvalue weighted by Gasteiger charge is -2.25. The molecule has 2 heterocycles. The molecule has 0 atom stereocenters. The van der Waals surface area contributed by atoms with Gasteiger partial charge in [-0.2, -0.15) is 11.8 Å². The summed E-state index contributed by atoms with van der Waals surface area (Å²) < 4.78 is 30.3. The average molecular weight is 400 g/mol. The second kappa shape index (κ2) is 7.85. The Bertz CT molecular complexity index is 857. The first-order valence-electron chi connectivity index (χ1n) is 7.84. The van der Waals surface area contributed by atoms with E-state index in [1.54, 1.807) is 41.3 Å². The smallest absolute Gasteiger partial charge is 0.289 e. The largest absolute Gasteiger partial charge is 0.455 e. The third-order valence-electron chi connectivity index (χ3n) is 3.87. The lowest BCUT2D eigenvalue weighted by molar-refractivity contribution is 0.0739. The summed E-state index contributed by atoms with van der Waals surface area (Å²) in [5.74, 6) is 1.66. The van der Waals surface area contributed by atoms with E-state index < -0.39 is 9.84 Å². The predicted molar refractivity (Wildman–Crippen MR) is 99.7 cm³/mol. The molecule has 2 aromatic rings. The third kappa shape index (κ3) is 4.80. The number of rotatable bonds is 5. The van der Waals surface area contributed by atoms with Crippen LogP contribution < -0.4 is 0 Å². The number of thioether (sulfide) groups is 1. The number of hydrogen-bond donors (Lipinski definition) is 0. The van der Waals surface area contributed by atoms with Crippen LogP contribution in [-0.2, 0) is 21.3 Å². The van der Waals surface area contributed by atoms with Crippen LogP contribution in [-0.4, -0.2) is 43.8 Å². The molecule has 0 unspecified atom stereocenters. The number of carbonyl (C=O) groups is 1. The zero-order valence-corrected chi connectivity index (χ0v) is 15.9. The first kappa shape index (κ1) is 18.4. The number of hydrogen-bond acceptors (Lipinski definition) is 5. The van der Waals surface area contributed by atoms with E-state index in [1.165, 1.54) is 0 Å². The third-order valence-corrected chi connectivity index (χ3v) is 6.65. The van der Waals surface area contributed by atoms with Gasteiger partial charge in [0.05, 0.1) is 5.75 Å². The maximum Gasteiger partial charge on any atom is 0.289 e. The van der Waals surface area contributed by atoms with E-state index in [1.807, 2.05) is 11.8 Å². The lowest BCUT2D eigenvalue weighted by atomic mass is 10.2. The summed E-state index contributed by atoms with van der Waals surface area (Å²) in [7, 11) is -3.45. The number of halogens is 1. The quantitative estimate of drug-likeness (QED) is 0.772. The highest BCUT2D eigenvalue weighted by Crippen LogP contribution is 2.21. The highest BCUT2D eigenvalue weighted by molar-refractivity contribution is 7.99. The second-order valence-corrected chi connectivity index (χ2v) is 9.49. The Morgan fingerprint density at radius 3 is 2.56 bits per heavy atom. The Morgan fingerprint density at radius 1 is 1.12 bits per heavy atom. The molecule has 8 heteroatoms. The van der Waals surface area contributed by atoms with Gasteiger partial charge in [0.15, 0.2) is 15.6 Å². The van der Waals surface area contributed by atoms with Crippen LogP contribution in [0.3, 0.4) is 0 Å². The van der Waals surface area contributed by atoms with Gasteiger partial charge in [-0.3, -0.25) is 4.79 Å². The van der Waals surface area contributed by atoms with Crippen LogP contribution in [0.4, 0.5) is 0 Å². The summed E-state index contributed by atoms with van der Waals surface area (Å²) >= 11 is 7.84. The van der Waals surface area contributed by atoms with Crippen molar-refractivity contribution < 1.29 is 17.6 Å². The number of carbonyl (C=O) groups excluding carboxylic acids is 1. The van der Waals surface area contributed by atoms with Gasteiger partial charge in [-0.05, 0) is 23.8 Å². The summed E-state index contributed by atoms with van der Waals surface area (Å²) in [6, 6.07) is 9.94. The molecule has 3 rings (SSSR count). The Balaban J connectivity index is 1.68. The highest BCUT2D eigenvalue weighted by atomic mass is 35.5. The molecule has 1 aliphatic heterocycles. The minimum Gasteiger partial charge on any atom is -0.455 e. The molecule has 0 spiro atoms. The van der Waals surface area contributed by atoms with Crippen molar-refractivity contribution in [3.8, 4) is 0 Å². The normalized spacial score (nSPS) is 15.3. The molecular weight excluding hydrogens is 382 g/mol. The SMILES string of the molecule is O=C(c1ccc(CS(=O)(=O)Cc2ccccc2Cl)o1)N1CCSCC1. The molecular formula is C17H18ClNO4S2. The molecule has 134 valence electrons. The molecule has 1 aromatic carbocycles. The Kier molecular flexibility index (Phi) is 5.76. The van der Waals surface area contributed by atoms with E-state index in [0.717, 1.165) is 11.5 Å². The summed E-state index contributed by atoms with van der Waals surface area (Å²) in [6.45, 7) is 1.37. The van der Waals surface area contributed by atoms with Crippen LogP contribution in [0.25, 0.3) is 0 Å². The summed E-state index contributed by atoms with van der Waals surface area (Å²) in [5, 5.41) is 0.421. The van der Waals surface area contributed by atoms with Crippen molar-refractivity contribution in [2.75, 3.05) is 24.6 Å². The molecule has 25 heavy (non-hydrogen) atoms. The Hall–Kier alpha value is -1.44. The number of benzene rings is 1. The molecule has 0 bridgehead atoms. The van der Waals surface area contributed by atoms with Crippen molar-refractivity contribution in [1.29, 1.82) is 0 Å². The fraction of sp³-hybridized carbons (Fsp3) is 0.353.